The summed E-state index contributed by atoms with van der Waals surface area (Å²) in [6, 6.07) is -0.430. The molecule has 7 heteroatoms. The van der Waals surface area contributed by atoms with Crippen LogP contribution in [0.15, 0.2) is 0 Å². The molecule has 0 aromatic carbocycles. The highest BCUT2D eigenvalue weighted by Crippen LogP contribution is 2.24. The van der Waals surface area contributed by atoms with Gasteiger partial charge in [0, 0.05) is 39.3 Å². The number of carbonyl (C=O) groups is 2. The first-order valence-corrected chi connectivity index (χ1v) is 6.92. The Morgan fingerprint density at radius 1 is 1.45 bits per heavy atom. The summed E-state index contributed by atoms with van der Waals surface area (Å²) in [7, 11) is 3.62. The fourth-order valence-corrected chi connectivity index (χ4v) is 2.37. The lowest BCUT2D eigenvalue weighted by Gasteiger charge is -2.24. The number of likely N-dealkylation sites (tertiary alicyclic amines) is 1. The number of ether oxygens (including phenoxy) is 1. The fraction of sp³-hybridized carbons (Fsp3) is 0.846. The number of likely N-dealkylation sites (N-methyl/N-ethyl adjacent to an activating group) is 1. The molecule has 1 heterocycles. The zero-order valence-corrected chi connectivity index (χ0v) is 12.5. The molecule has 0 bridgehead atoms. The minimum absolute atomic E-state index is 0.179. The Kier molecular flexibility index (Phi) is 6.74. The monoisotopic (exact) mass is 287 g/mol. The minimum atomic E-state index is -0.827. The van der Waals surface area contributed by atoms with E-state index in [1.54, 1.807) is 18.9 Å². The van der Waals surface area contributed by atoms with Crippen molar-refractivity contribution in [3.05, 3.63) is 0 Å². The van der Waals surface area contributed by atoms with Crippen LogP contribution in [0.3, 0.4) is 0 Å². The molecular formula is C13H25N3O4. The van der Waals surface area contributed by atoms with Gasteiger partial charge in [-0.2, -0.15) is 0 Å². The molecular weight excluding hydrogens is 262 g/mol. The van der Waals surface area contributed by atoms with E-state index < -0.39 is 11.9 Å². The number of amides is 2. The van der Waals surface area contributed by atoms with E-state index in [1.807, 2.05) is 7.05 Å². The lowest BCUT2D eigenvalue weighted by Crippen LogP contribution is -2.45. The highest BCUT2D eigenvalue weighted by Gasteiger charge is 2.37. The molecule has 116 valence electrons. The van der Waals surface area contributed by atoms with E-state index in [0.29, 0.717) is 26.1 Å². The Morgan fingerprint density at radius 3 is 2.70 bits per heavy atom. The average Bonchev–Trinajstić information content (AvgIpc) is 2.78. The highest BCUT2D eigenvalue weighted by atomic mass is 16.5. The number of carboxylic acids is 1. The van der Waals surface area contributed by atoms with Crippen LogP contribution in [-0.2, 0) is 9.53 Å². The minimum Gasteiger partial charge on any atom is -0.481 e. The van der Waals surface area contributed by atoms with Crippen LogP contribution in [-0.4, -0.2) is 79.9 Å². The Balaban J connectivity index is 2.28. The average molecular weight is 287 g/mol. The predicted octanol–water partition coefficient (Wildman–Crippen LogP) is 0.0692. The number of hydrogen-bond acceptors (Lipinski definition) is 4. The van der Waals surface area contributed by atoms with Crippen LogP contribution in [0.4, 0.5) is 4.79 Å². The second-order valence-corrected chi connectivity index (χ2v) is 5.20. The smallest absolute Gasteiger partial charge is 0.317 e. The molecule has 2 N–H and O–H groups in total. The maximum atomic E-state index is 12.0. The summed E-state index contributed by atoms with van der Waals surface area (Å²) >= 11 is 0. The van der Waals surface area contributed by atoms with Crippen LogP contribution in [0.5, 0.6) is 0 Å². The molecule has 1 aliphatic heterocycles. The molecule has 1 aliphatic rings. The highest BCUT2D eigenvalue weighted by molar-refractivity contribution is 5.78. The van der Waals surface area contributed by atoms with Crippen molar-refractivity contribution in [2.75, 3.05) is 46.9 Å². The van der Waals surface area contributed by atoms with Crippen molar-refractivity contribution in [1.29, 1.82) is 0 Å². The summed E-state index contributed by atoms with van der Waals surface area (Å²) in [5.74, 6) is -1.28. The van der Waals surface area contributed by atoms with Crippen LogP contribution >= 0.6 is 0 Å². The molecule has 0 aromatic heterocycles. The van der Waals surface area contributed by atoms with Gasteiger partial charge < -0.3 is 25.0 Å². The number of hydrogen-bond donors (Lipinski definition) is 2. The lowest BCUT2D eigenvalue weighted by atomic mass is 10.0. The molecule has 0 aliphatic carbocycles. The summed E-state index contributed by atoms with van der Waals surface area (Å²) in [5.41, 5.74) is 0. The van der Waals surface area contributed by atoms with Crippen LogP contribution in [0, 0.1) is 5.92 Å². The number of methoxy groups -OCH3 is 1. The summed E-state index contributed by atoms with van der Waals surface area (Å²) in [6.45, 7) is 5.04. The van der Waals surface area contributed by atoms with Crippen molar-refractivity contribution in [1.82, 2.24) is 15.1 Å². The van der Waals surface area contributed by atoms with Crippen LogP contribution in [0.1, 0.15) is 13.3 Å². The normalized spacial score (nSPS) is 22.3. The number of carbonyl (C=O) groups excluding carboxylic acids is 1. The van der Waals surface area contributed by atoms with E-state index >= 15 is 0 Å². The molecule has 2 atom stereocenters. The Hall–Kier alpha value is -1.34. The number of nitrogens with one attached hydrogen (secondary N) is 1. The molecule has 1 fully saturated rings. The van der Waals surface area contributed by atoms with Crippen molar-refractivity contribution in [3.63, 3.8) is 0 Å². The van der Waals surface area contributed by atoms with Crippen molar-refractivity contribution in [3.8, 4) is 0 Å². The van der Waals surface area contributed by atoms with E-state index in [-0.39, 0.29) is 12.1 Å². The fourth-order valence-electron chi connectivity index (χ4n) is 2.37. The maximum Gasteiger partial charge on any atom is 0.317 e. The summed E-state index contributed by atoms with van der Waals surface area (Å²) in [5, 5.41) is 11.9. The number of rotatable bonds is 7. The molecule has 0 saturated carbocycles. The van der Waals surface area contributed by atoms with Gasteiger partial charge in [-0.05, 0) is 20.4 Å². The number of urea groups is 1. The molecule has 1 saturated heterocycles. The van der Waals surface area contributed by atoms with E-state index in [2.05, 4.69) is 10.2 Å². The first-order valence-electron chi connectivity index (χ1n) is 6.92. The second kappa shape index (κ2) is 8.06. The molecule has 2 unspecified atom stereocenters. The van der Waals surface area contributed by atoms with Crippen molar-refractivity contribution in [2.24, 2.45) is 5.92 Å². The van der Waals surface area contributed by atoms with Gasteiger partial charge >= 0.3 is 12.0 Å². The van der Waals surface area contributed by atoms with Gasteiger partial charge in [0.1, 0.15) is 0 Å². The van der Waals surface area contributed by atoms with Crippen molar-refractivity contribution in [2.45, 2.75) is 19.4 Å². The number of aliphatic carboxylic acids is 1. The SMILES string of the molecule is COCCN(C)CCNC(=O)N1CCC(C(=O)O)C1C. The van der Waals surface area contributed by atoms with Crippen molar-refractivity contribution < 1.29 is 19.4 Å². The maximum absolute atomic E-state index is 12.0. The third-order valence-electron chi connectivity index (χ3n) is 3.78. The molecule has 2 amide bonds. The van der Waals surface area contributed by atoms with Gasteiger partial charge in [0.25, 0.3) is 0 Å². The Morgan fingerprint density at radius 2 is 2.15 bits per heavy atom. The third-order valence-corrected chi connectivity index (χ3v) is 3.78. The Labute approximate surface area is 119 Å². The Bertz CT molecular complexity index is 338. The van der Waals surface area contributed by atoms with E-state index in [4.69, 9.17) is 9.84 Å². The van der Waals surface area contributed by atoms with E-state index in [1.165, 1.54) is 0 Å². The van der Waals surface area contributed by atoms with Crippen LogP contribution < -0.4 is 5.32 Å². The van der Waals surface area contributed by atoms with Gasteiger partial charge in [0.2, 0.25) is 0 Å². The van der Waals surface area contributed by atoms with Crippen LogP contribution in [0.25, 0.3) is 0 Å². The van der Waals surface area contributed by atoms with Gasteiger partial charge in [-0.3, -0.25) is 4.79 Å². The lowest BCUT2D eigenvalue weighted by molar-refractivity contribution is -0.142. The van der Waals surface area contributed by atoms with E-state index in [9.17, 15) is 9.59 Å². The van der Waals surface area contributed by atoms with Crippen molar-refractivity contribution >= 4 is 12.0 Å². The quantitative estimate of drug-likeness (QED) is 0.692. The molecule has 0 radical (unpaired) electrons. The van der Waals surface area contributed by atoms with Gasteiger partial charge in [0.05, 0.1) is 12.5 Å². The van der Waals surface area contributed by atoms with Gasteiger partial charge in [0.15, 0.2) is 0 Å². The van der Waals surface area contributed by atoms with Gasteiger partial charge in [-0.1, -0.05) is 0 Å². The summed E-state index contributed by atoms with van der Waals surface area (Å²) in [4.78, 5) is 26.7. The summed E-state index contributed by atoms with van der Waals surface area (Å²) in [6.07, 6.45) is 0.525. The third kappa shape index (κ3) is 4.64. The topological polar surface area (TPSA) is 82.1 Å². The standard InChI is InChI=1S/C13H25N3O4/c1-10-11(12(17)18)4-6-16(10)13(19)14-5-7-15(2)8-9-20-3/h10-11H,4-9H2,1-3H3,(H,14,19)(H,17,18). The molecule has 7 nitrogen and oxygen atoms in total. The predicted molar refractivity (Wildman–Crippen MR) is 74.7 cm³/mol. The summed E-state index contributed by atoms with van der Waals surface area (Å²) < 4.78 is 4.98. The number of carboxylic acid groups (broad SMARTS) is 1. The first kappa shape index (κ1) is 16.7. The van der Waals surface area contributed by atoms with Gasteiger partial charge in [-0.15, -0.1) is 0 Å². The largest absolute Gasteiger partial charge is 0.481 e. The zero-order valence-electron chi connectivity index (χ0n) is 12.5. The zero-order chi connectivity index (χ0) is 15.1. The number of nitrogens with zero attached hydrogens (tertiary/aromatic N) is 2. The first-order chi connectivity index (χ1) is 9.47. The molecule has 20 heavy (non-hydrogen) atoms. The second-order valence-electron chi connectivity index (χ2n) is 5.20. The van der Waals surface area contributed by atoms with Crippen LogP contribution in [0.2, 0.25) is 0 Å². The molecule has 0 spiro atoms. The van der Waals surface area contributed by atoms with Gasteiger partial charge in [-0.25, -0.2) is 4.79 Å². The molecule has 0 aromatic rings. The van der Waals surface area contributed by atoms with E-state index in [0.717, 1.165) is 13.1 Å². The molecule has 1 rings (SSSR count).